The fourth-order valence-electron chi connectivity index (χ4n) is 6.22. The second kappa shape index (κ2) is 42.8. The Morgan fingerprint density at radius 2 is 0.857 bits per heavy atom. The maximum absolute atomic E-state index is 12.2. The lowest BCUT2D eigenvalue weighted by atomic mass is 10.0. The first-order valence-electron chi connectivity index (χ1n) is 21.6. The first kappa shape index (κ1) is 47.6. The second-order valence-corrected chi connectivity index (χ2v) is 14.4. The number of hydrogen-bond acceptors (Lipinski definition) is 4. The van der Waals surface area contributed by atoms with E-state index in [2.05, 4.69) is 50.3 Å². The van der Waals surface area contributed by atoms with Gasteiger partial charge in [0.05, 0.1) is 13.2 Å². The molecule has 4 nitrogen and oxygen atoms in total. The van der Waals surface area contributed by atoms with Crippen molar-refractivity contribution in [2.75, 3.05) is 19.8 Å². The molecule has 0 heterocycles. The van der Waals surface area contributed by atoms with Gasteiger partial charge in [0.2, 0.25) is 0 Å². The molecule has 0 aliphatic carbocycles. The average Bonchev–Trinajstić information content (AvgIpc) is 3.11. The van der Waals surface area contributed by atoms with Crippen molar-refractivity contribution >= 4 is 5.97 Å². The number of hydrogen-bond donors (Lipinski definition) is 1. The van der Waals surface area contributed by atoms with E-state index in [0.717, 1.165) is 32.1 Å². The summed E-state index contributed by atoms with van der Waals surface area (Å²) in [5.41, 5.74) is 0. The van der Waals surface area contributed by atoms with Crippen LogP contribution in [0.4, 0.5) is 0 Å². The summed E-state index contributed by atoms with van der Waals surface area (Å²) < 4.78 is 11.2. The number of carbonyl (C=O) groups is 1. The molecule has 0 spiro atoms. The van der Waals surface area contributed by atoms with E-state index in [1.54, 1.807) is 0 Å². The Hall–Kier alpha value is -1.39. The van der Waals surface area contributed by atoms with E-state index in [-0.39, 0.29) is 12.6 Å². The fourth-order valence-corrected chi connectivity index (χ4v) is 6.22. The van der Waals surface area contributed by atoms with Crippen LogP contribution in [-0.2, 0) is 14.3 Å². The SMILES string of the molecule is CCCCC/C=C\C/C=C\C/C=C\CCCCCCCCCOCC(CO)OC(=O)CCCCCCCCCCCCCCCCCCC. The minimum atomic E-state index is -0.536. The molecule has 0 bridgehead atoms. The molecule has 4 heteroatoms. The van der Waals surface area contributed by atoms with Gasteiger partial charge < -0.3 is 14.6 Å². The molecule has 49 heavy (non-hydrogen) atoms. The molecule has 0 radical (unpaired) electrons. The van der Waals surface area contributed by atoms with E-state index in [9.17, 15) is 9.90 Å². The molecular formula is C45H84O4. The van der Waals surface area contributed by atoms with E-state index >= 15 is 0 Å². The number of carbonyl (C=O) groups excluding carboxylic acids is 1. The molecule has 0 aromatic rings. The van der Waals surface area contributed by atoms with Crippen molar-refractivity contribution in [2.45, 2.75) is 225 Å². The summed E-state index contributed by atoms with van der Waals surface area (Å²) >= 11 is 0. The lowest BCUT2D eigenvalue weighted by molar-refractivity contribution is -0.154. The number of rotatable bonds is 40. The minimum Gasteiger partial charge on any atom is -0.457 e. The second-order valence-electron chi connectivity index (χ2n) is 14.4. The Labute approximate surface area is 306 Å². The van der Waals surface area contributed by atoms with Gasteiger partial charge in [-0.3, -0.25) is 4.79 Å². The van der Waals surface area contributed by atoms with Crippen molar-refractivity contribution in [3.8, 4) is 0 Å². The molecular weight excluding hydrogens is 604 g/mol. The first-order chi connectivity index (χ1) is 24.2. The number of aliphatic hydroxyl groups excluding tert-OH is 1. The Morgan fingerprint density at radius 1 is 0.490 bits per heavy atom. The summed E-state index contributed by atoms with van der Waals surface area (Å²) in [6, 6.07) is 0. The maximum atomic E-state index is 12.2. The molecule has 0 aromatic carbocycles. The van der Waals surface area contributed by atoms with Crippen LogP contribution in [0.15, 0.2) is 36.5 Å². The molecule has 288 valence electrons. The molecule has 0 aliphatic heterocycles. The zero-order valence-corrected chi connectivity index (χ0v) is 33.0. The van der Waals surface area contributed by atoms with Crippen LogP contribution in [0.3, 0.4) is 0 Å². The van der Waals surface area contributed by atoms with Crippen molar-refractivity contribution in [1.82, 2.24) is 0 Å². The molecule has 0 aliphatic rings. The summed E-state index contributed by atoms with van der Waals surface area (Å²) in [7, 11) is 0. The van der Waals surface area contributed by atoms with Gasteiger partial charge in [-0.2, -0.15) is 0 Å². The molecule has 0 fully saturated rings. The van der Waals surface area contributed by atoms with E-state index in [4.69, 9.17) is 9.47 Å². The molecule has 1 atom stereocenters. The van der Waals surface area contributed by atoms with Gasteiger partial charge in [0.25, 0.3) is 0 Å². The smallest absolute Gasteiger partial charge is 0.306 e. The topological polar surface area (TPSA) is 55.8 Å². The summed E-state index contributed by atoms with van der Waals surface area (Å²) in [5, 5.41) is 9.60. The van der Waals surface area contributed by atoms with Gasteiger partial charge in [-0.1, -0.05) is 198 Å². The highest BCUT2D eigenvalue weighted by Crippen LogP contribution is 2.15. The van der Waals surface area contributed by atoms with Gasteiger partial charge in [-0.25, -0.2) is 0 Å². The Bertz CT molecular complexity index is 728. The number of esters is 1. The van der Waals surface area contributed by atoms with E-state index < -0.39 is 6.10 Å². The molecule has 0 amide bonds. The van der Waals surface area contributed by atoms with E-state index in [0.29, 0.717) is 19.6 Å². The lowest BCUT2D eigenvalue weighted by Crippen LogP contribution is -2.27. The van der Waals surface area contributed by atoms with Gasteiger partial charge in [-0.15, -0.1) is 0 Å². The van der Waals surface area contributed by atoms with Crippen LogP contribution >= 0.6 is 0 Å². The zero-order valence-electron chi connectivity index (χ0n) is 33.0. The molecule has 0 rings (SSSR count). The van der Waals surface area contributed by atoms with Gasteiger partial charge in [0.1, 0.15) is 6.10 Å². The minimum absolute atomic E-state index is 0.173. The zero-order chi connectivity index (χ0) is 35.6. The van der Waals surface area contributed by atoms with Gasteiger partial charge in [0.15, 0.2) is 0 Å². The number of unbranched alkanes of at least 4 members (excludes halogenated alkanes) is 26. The summed E-state index contributed by atoms with van der Waals surface area (Å²) in [6.45, 7) is 5.32. The van der Waals surface area contributed by atoms with Crippen molar-refractivity contribution in [3.05, 3.63) is 36.5 Å². The van der Waals surface area contributed by atoms with Crippen molar-refractivity contribution in [1.29, 1.82) is 0 Å². The predicted molar refractivity (Wildman–Crippen MR) is 214 cm³/mol. The van der Waals surface area contributed by atoms with Gasteiger partial charge in [-0.05, 0) is 51.4 Å². The van der Waals surface area contributed by atoms with Crippen molar-refractivity contribution < 1.29 is 19.4 Å². The summed E-state index contributed by atoms with van der Waals surface area (Å²) in [6.07, 6.45) is 53.4. The van der Waals surface area contributed by atoms with Crippen LogP contribution in [-0.4, -0.2) is 37.0 Å². The van der Waals surface area contributed by atoms with Crippen LogP contribution in [0.2, 0.25) is 0 Å². The molecule has 0 saturated heterocycles. The highest BCUT2D eigenvalue weighted by Gasteiger charge is 2.13. The predicted octanol–water partition coefficient (Wildman–Crippen LogP) is 14.1. The van der Waals surface area contributed by atoms with Gasteiger partial charge >= 0.3 is 5.97 Å². The highest BCUT2D eigenvalue weighted by molar-refractivity contribution is 5.69. The van der Waals surface area contributed by atoms with Crippen molar-refractivity contribution in [3.63, 3.8) is 0 Å². The third kappa shape index (κ3) is 40.9. The largest absolute Gasteiger partial charge is 0.457 e. The van der Waals surface area contributed by atoms with E-state index in [1.165, 1.54) is 167 Å². The molecule has 0 saturated carbocycles. The number of aliphatic hydroxyl groups is 1. The third-order valence-corrected chi connectivity index (χ3v) is 9.47. The third-order valence-electron chi connectivity index (χ3n) is 9.47. The summed E-state index contributed by atoms with van der Waals surface area (Å²) in [5.74, 6) is -0.201. The number of ether oxygens (including phenoxy) is 2. The maximum Gasteiger partial charge on any atom is 0.306 e. The first-order valence-corrected chi connectivity index (χ1v) is 21.6. The summed E-state index contributed by atoms with van der Waals surface area (Å²) in [4.78, 5) is 12.2. The van der Waals surface area contributed by atoms with Gasteiger partial charge in [0, 0.05) is 13.0 Å². The Balaban J connectivity index is 3.43. The highest BCUT2D eigenvalue weighted by atomic mass is 16.6. The molecule has 0 aromatic heterocycles. The van der Waals surface area contributed by atoms with Crippen LogP contribution in [0.5, 0.6) is 0 Å². The monoisotopic (exact) mass is 689 g/mol. The Kier molecular flexibility index (Phi) is 41.6. The molecule has 1 unspecified atom stereocenters. The van der Waals surface area contributed by atoms with E-state index in [1.807, 2.05) is 0 Å². The fraction of sp³-hybridized carbons (Fsp3) is 0.844. The standard InChI is InChI=1S/C45H84O4/c1-3-5-7-9-11-13-15-17-19-21-22-23-25-27-29-31-33-35-37-39-41-48-43-44(42-46)49-45(47)40-38-36-34-32-30-28-26-24-20-18-16-14-12-10-8-6-4-2/h11,13,17,19,22-23,44,46H,3-10,12,14-16,18,20-21,24-43H2,1-2H3/b13-11-,19-17-,23-22-. The van der Waals surface area contributed by atoms with Crippen LogP contribution < -0.4 is 0 Å². The average molecular weight is 689 g/mol. The normalized spacial score (nSPS) is 12.6. The van der Waals surface area contributed by atoms with Crippen LogP contribution in [0, 0.1) is 0 Å². The lowest BCUT2D eigenvalue weighted by Gasteiger charge is -2.16. The van der Waals surface area contributed by atoms with Crippen molar-refractivity contribution in [2.24, 2.45) is 0 Å². The number of allylic oxidation sites excluding steroid dienone is 6. The van der Waals surface area contributed by atoms with Crippen LogP contribution in [0.25, 0.3) is 0 Å². The molecule has 1 N–H and O–H groups in total. The van der Waals surface area contributed by atoms with Crippen LogP contribution in [0.1, 0.15) is 219 Å². The Morgan fingerprint density at radius 3 is 1.33 bits per heavy atom. The quantitative estimate of drug-likeness (QED) is 0.0395.